The fraction of sp³-hybridized carbons (Fsp3) is 0.800. The third kappa shape index (κ3) is 5.52. The third-order valence-corrected chi connectivity index (χ3v) is 3.24. The van der Waals surface area contributed by atoms with Crippen LogP contribution in [0.1, 0.15) is 46.5 Å². The predicted octanol–water partition coefficient (Wildman–Crippen LogP) is 2.41. The van der Waals surface area contributed by atoms with Crippen molar-refractivity contribution < 1.29 is 14.6 Å². The van der Waals surface area contributed by atoms with Crippen molar-refractivity contribution in [3.05, 3.63) is 0 Å². The number of amides is 1. The molecule has 1 N–H and O–H groups in total. The van der Waals surface area contributed by atoms with E-state index >= 15 is 0 Å². The van der Waals surface area contributed by atoms with Crippen molar-refractivity contribution in [2.45, 2.75) is 58.2 Å². The summed E-state index contributed by atoms with van der Waals surface area (Å²) in [5.74, 6) is 2.71. The fourth-order valence-corrected chi connectivity index (χ4v) is 2.26. The van der Waals surface area contributed by atoms with E-state index in [2.05, 4.69) is 5.92 Å². The first-order valence-electron chi connectivity index (χ1n) is 6.93. The molecule has 2 unspecified atom stereocenters. The second-order valence-corrected chi connectivity index (χ2v) is 6.14. The highest BCUT2D eigenvalue weighted by atomic mass is 16.6. The largest absolute Gasteiger partial charge is 0.444 e. The van der Waals surface area contributed by atoms with E-state index in [1.165, 1.54) is 0 Å². The van der Waals surface area contributed by atoms with Gasteiger partial charge in [-0.2, -0.15) is 0 Å². The lowest BCUT2D eigenvalue weighted by Gasteiger charge is -2.37. The molecule has 2 atom stereocenters. The Hall–Kier alpha value is -1.21. The number of rotatable bonds is 3. The number of aliphatic hydroxyl groups excluding tert-OH is 1. The first-order chi connectivity index (χ1) is 8.83. The maximum absolute atomic E-state index is 12.0. The van der Waals surface area contributed by atoms with Gasteiger partial charge in [-0.1, -0.05) is 0 Å². The molecule has 108 valence electrons. The van der Waals surface area contributed by atoms with Crippen molar-refractivity contribution in [2.24, 2.45) is 5.92 Å². The topological polar surface area (TPSA) is 49.8 Å². The average molecular weight is 267 g/mol. The van der Waals surface area contributed by atoms with Crippen LogP contribution in [-0.4, -0.2) is 40.9 Å². The zero-order chi connectivity index (χ0) is 14.5. The quantitative estimate of drug-likeness (QED) is 0.631. The van der Waals surface area contributed by atoms with Gasteiger partial charge in [-0.15, -0.1) is 12.3 Å². The van der Waals surface area contributed by atoms with E-state index in [4.69, 9.17) is 11.2 Å². The van der Waals surface area contributed by atoms with Crippen molar-refractivity contribution in [1.29, 1.82) is 0 Å². The zero-order valence-corrected chi connectivity index (χ0v) is 12.2. The molecule has 1 aliphatic heterocycles. The van der Waals surface area contributed by atoms with E-state index in [0.717, 1.165) is 19.3 Å². The third-order valence-electron chi connectivity index (χ3n) is 3.24. The first kappa shape index (κ1) is 15.8. The fourth-order valence-electron chi connectivity index (χ4n) is 2.26. The molecule has 0 aromatic rings. The number of carbonyl (C=O) groups excluding carboxylic acids is 1. The van der Waals surface area contributed by atoms with E-state index in [1.807, 2.05) is 20.8 Å². The molecule has 0 bridgehead atoms. The van der Waals surface area contributed by atoms with Gasteiger partial charge in [0.15, 0.2) is 0 Å². The summed E-state index contributed by atoms with van der Waals surface area (Å²) in [5.41, 5.74) is -0.480. The first-order valence-corrected chi connectivity index (χ1v) is 6.93. The number of hydrogen-bond acceptors (Lipinski definition) is 3. The molecule has 1 rings (SSSR count). The molecule has 0 radical (unpaired) electrons. The number of piperidine rings is 1. The second kappa shape index (κ2) is 6.81. The number of aliphatic hydroxyl groups is 1. The molecule has 0 saturated carbocycles. The monoisotopic (exact) mass is 267 g/mol. The Balaban J connectivity index is 2.49. The average Bonchev–Trinajstić information content (AvgIpc) is 2.29. The van der Waals surface area contributed by atoms with Gasteiger partial charge in [0, 0.05) is 25.4 Å². The van der Waals surface area contributed by atoms with E-state index in [-0.39, 0.29) is 18.1 Å². The minimum absolute atomic E-state index is 0.106. The molecule has 1 heterocycles. The van der Waals surface area contributed by atoms with Gasteiger partial charge in [0.25, 0.3) is 0 Å². The molecule has 0 aromatic carbocycles. The molecule has 0 aliphatic carbocycles. The van der Waals surface area contributed by atoms with Crippen LogP contribution in [0, 0.1) is 18.3 Å². The van der Waals surface area contributed by atoms with E-state index in [0.29, 0.717) is 19.5 Å². The highest BCUT2D eigenvalue weighted by molar-refractivity contribution is 5.68. The number of hydrogen-bond donors (Lipinski definition) is 1. The van der Waals surface area contributed by atoms with Gasteiger partial charge >= 0.3 is 6.09 Å². The maximum Gasteiger partial charge on any atom is 0.410 e. The van der Waals surface area contributed by atoms with Crippen LogP contribution in [0.4, 0.5) is 4.79 Å². The Kier molecular flexibility index (Phi) is 5.68. The van der Waals surface area contributed by atoms with E-state index in [9.17, 15) is 9.90 Å². The summed E-state index contributed by atoms with van der Waals surface area (Å²) in [4.78, 5) is 13.7. The van der Waals surface area contributed by atoms with Crippen LogP contribution in [0.15, 0.2) is 0 Å². The molecule has 1 amide bonds. The van der Waals surface area contributed by atoms with Crippen LogP contribution in [-0.2, 0) is 4.74 Å². The number of carbonyl (C=O) groups is 1. The van der Waals surface area contributed by atoms with E-state index < -0.39 is 5.60 Å². The summed E-state index contributed by atoms with van der Waals surface area (Å²) in [6.07, 6.45) is 7.67. The van der Waals surface area contributed by atoms with Gasteiger partial charge in [-0.25, -0.2) is 4.79 Å². The smallest absolute Gasteiger partial charge is 0.410 e. The minimum atomic E-state index is -0.480. The Morgan fingerprint density at radius 3 is 2.79 bits per heavy atom. The number of terminal acetylenes is 1. The SMILES string of the molecule is C#CCCCC1CN(C(=O)OC(C)(C)C)CCC1O. The van der Waals surface area contributed by atoms with Gasteiger partial charge in [-0.05, 0) is 40.0 Å². The molecular weight excluding hydrogens is 242 g/mol. The second-order valence-electron chi connectivity index (χ2n) is 6.14. The van der Waals surface area contributed by atoms with Gasteiger partial charge in [0.1, 0.15) is 5.60 Å². The summed E-state index contributed by atoms with van der Waals surface area (Å²) in [7, 11) is 0. The highest BCUT2D eigenvalue weighted by Gasteiger charge is 2.32. The lowest BCUT2D eigenvalue weighted by atomic mass is 9.90. The molecular formula is C15H25NO3. The lowest BCUT2D eigenvalue weighted by molar-refractivity contribution is -0.0102. The van der Waals surface area contributed by atoms with E-state index in [1.54, 1.807) is 4.90 Å². The summed E-state index contributed by atoms with van der Waals surface area (Å²) < 4.78 is 5.36. The van der Waals surface area contributed by atoms with Gasteiger partial charge < -0.3 is 14.7 Å². The standard InChI is InChI=1S/C15H25NO3/c1-5-6-7-8-12-11-16(10-9-13(12)17)14(18)19-15(2,3)4/h1,12-13,17H,6-11H2,2-4H3. The van der Waals surface area contributed by atoms with Crippen molar-refractivity contribution in [3.63, 3.8) is 0 Å². The van der Waals surface area contributed by atoms with Crippen molar-refractivity contribution in [2.75, 3.05) is 13.1 Å². The van der Waals surface area contributed by atoms with Crippen LogP contribution in [0.5, 0.6) is 0 Å². The number of likely N-dealkylation sites (tertiary alicyclic amines) is 1. The van der Waals surface area contributed by atoms with Gasteiger partial charge in [0.2, 0.25) is 0 Å². The van der Waals surface area contributed by atoms with Gasteiger partial charge in [0.05, 0.1) is 6.10 Å². The van der Waals surface area contributed by atoms with Crippen molar-refractivity contribution in [1.82, 2.24) is 4.90 Å². The molecule has 1 saturated heterocycles. The summed E-state index contributed by atoms with van der Waals surface area (Å²) in [6.45, 7) is 6.68. The maximum atomic E-state index is 12.0. The van der Waals surface area contributed by atoms with Crippen LogP contribution in [0.3, 0.4) is 0 Å². The zero-order valence-electron chi connectivity index (χ0n) is 12.2. The molecule has 19 heavy (non-hydrogen) atoms. The van der Waals surface area contributed by atoms with Crippen LogP contribution >= 0.6 is 0 Å². The minimum Gasteiger partial charge on any atom is -0.444 e. The Bertz CT molecular complexity index is 340. The summed E-state index contributed by atoms with van der Waals surface area (Å²) in [5, 5.41) is 9.97. The Labute approximate surface area is 116 Å². The van der Waals surface area contributed by atoms with Crippen molar-refractivity contribution >= 4 is 6.09 Å². The lowest BCUT2D eigenvalue weighted by Crippen LogP contribution is -2.47. The number of unbranched alkanes of at least 4 members (excludes halogenated alkanes) is 1. The van der Waals surface area contributed by atoms with Crippen LogP contribution < -0.4 is 0 Å². The molecule has 4 nitrogen and oxygen atoms in total. The molecule has 0 spiro atoms. The summed E-state index contributed by atoms with van der Waals surface area (Å²) >= 11 is 0. The number of ether oxygens (including phenoxy) is 1. The Morgan fingerprint density at radius 1 is 1.53 bits per heavy atom. The normalized spacial score (nSPS) is 23.8. The molecule has 1 fully saturated rings. The highest BCUT2D eigenvalue weighted by Crippen LogP contribution is 2.23. The van der Waals surface area contributed by atoms with Gasteiger partial charge in [-0.3, -0.25) is 0 Å². The molecule has 1 aliphatic rings. The molecule has 4 heteroatoms. The van der Waals surface area contributed by atoms with Crippen molar-refractivity contribution in [3.8, 4) is 12.3 Å². The predicted molar refractivity (Wildman–Crippen MR) is 74.6 cm³/mol. The molecule has 0 aromatic heterocycles. The van der Waals surface area contributed by atoms with Crippen LogP contribution in [0.25, 0.3) is 0 Å². The Morgan fingerprint density at radius 2 is 2.21 bits per heavy atom. The van der Waals surface area contributed by atoms with Crippen LogP contribution in [0.2, 0.25) is 0 Å². The summed E-state index contributed by atoms with van der Waals surface area (Å²) in [6, 6.07) is 0. The number of nitrogens with zero attached hydrogens (tertiary/aromatic N) is 1.